The molecule has 0 atom stereocenters. The van der Waals surface area contributed by atoms with Gasteiger partial charge in [-0.1, -0.05) is 0 Å². The summed E-state index contributed by atoms with van der Waals surface area (Å²) in [5.41, 5.74) is 8.06. The molecular formula is C18H16FN5OS. The number of carbonyl (C=O) groups excluding carboxylic acids is 1. The summed E-state index contributed by atoms with van der Waals surface area (Å²) >= 11 is 5.08. The molecule has 132 valence electrons. The van der Waals surface area contributed by atoms with Crippen molar-refractivity contribution in [1.82, 2.24) is 20.6 Å². The number of aromatic nitrogens is 2. The van der Waals surface area contributed by atoms with Gasteiger partial charge in [0, 0.05) is 23.1 Å². The Morgan fingerprint density at radius 3 is 2.35 bits per heavy atom. The number of nitrogens with zero attached hydrogens (tertiary/aromatic N) is 2. The van der Waals surface area contributed by atoms with E-state index >= 15 is 0 Å². The number of hydrogen-bond acceptors (Lipinski definition) is 3. The first-order valence-electron chi connectivity index (χ1n) is 7.77. The predicted octanol–water partition coefficient (Wildman–Crippen LogP) is 2.95. The fourth-order valence-corrected chi connectivity index (χ4v) is 2.44. The zero-order valence-corrected chi connectivity index (χ0v) is 14.7. The Morgan fingerprint density at radius 2 is 1.73 bits per heavy atom. The van der Waals surface area contributed by atoms with E-state index in [1.54, 1.807) is 35.1 Å². The van der Waals surface area contributed by atoms with E-state index in [0.29, 0.717) is 11.3 Å². The number of aryl methyl sites for hydroxylation is 1. The van der Waals surface area contributed by atoms with Crippen LogP contribution in [-0.2, 0) is 0 Å². The van der Waals surface area contributed by atoms with Gasteiger partial charge in [-0.15, -0.1) is 0 Å². The molecule has 6 nitrogen and oxygen atoms in total. The molecule has 0 saturated heterocycles. The van der Waals surface area contributed by atoms with Gasteiger partial charge in [-0.2, -0.15) is 5.10 Å². The first-order valence-corrected chi connectivity index (χ1v) is 8.18. The minimum absolute atomic E-state index is 0.189. The van der Waals surface area contributed by atoms with Crippen LogP contribution < -0.4 is 16.2 Å². The fourth-order valence-electron chi connectivity index (χ4n) is 2.28. The predicted molar refractivity (Wildman–Crippen MR) is 102 cm³/mol. The van der Waals surface area contributed by atoms with Gasteiger partial charge >= 0.3 is 0 Å². The van der Waals surface area contributed by atoms with Crippen molar-refractivity contribution < 1.29 is 9.18 Å². The van der Waals surface area contributed by atoms with E-state index in [1.165, 1.54) is 12.1 Å². The number of halogens is 1. The normalized spacial score (nSPS) is 10.2. The molecule has 0 aliphatic heterocycles. The average Bonchev–Trinajstić information content (AvgIpc) is 3.08. The standard InChI is InChI=1S/C18H16FN5OS/c1-12-10-11-20-24(12)16-8-2-13(3-9-16)17(25)22-23-18(26)21-15-6-4-14(19)5-7-15/h2-11H,1H3,(H,22,25)(H2,21,23,26). The molecular weight excluding hydrogens is 353 g/mol. The fraction of sp³-hybridized carbons (Fsp3) is 0.0556. The van der Waals surface area contributed by atoms with Crippen molar-refractivity contribution >= 4 is 28.9 Å². The smallest absolute Gasteiger partial charge is 0.269 e. The summed E-state index contributed by atoms with van der Waals surface area (Å²) in [7, 11) is 0. The van der Waals surface area contributed by atoms with Crippen molar-refractivity contribution in [1.29, 1.82) is 0 Å². The van der Waals surface area contributed by atoms with Gasteiger partial charge in [-0.05, 0) is 73.7 Å². The molecule has 0 unspecified atom stereocenters. The van der Waals surface area contributed by atoms with Crippen LogP contribution in [0.3, 0.4) is 0 Å². The summed E-state index contributed by atoms with van der Waals surface area (Å²) in [5, 5.41) is 7.25. The molecule has 0 fully saturated rings. The van der Waals surface area contributed by atoms with E-state index in [0.717, 1.165) is 11.4 Å². The van der Waals surface area contributed by atoms with Crippen LogP contribution in [0.2, 0.25) is 0 Å². The molecule has 0 aliphatic rings. The van der Waals surface area contributed by atoms with Crippen molar-refractivity contribution in [2.45, 2.75) is 6.92 Å². The molecule has 3 rings (SSSR count). The highest BCUT2D eigenvalue weighted by Crippen LogP contribution is 2.11. The summed E-state index contributed by atoms with van der Waals surface area (Å²) in [6.45, 7) is 1.95. The Morgan fingerprint density at radius 1 is 1.04 bits per heavy atom. The number of hydrazine groups is 1. The molecule has 0 aliphatic carbocycles. The van der Waals surface area contributed by atoms with Crippen LogP contribution in [0, 0.1) is 12.7 Å². The van der Waals surface area contributed by atoms with Gasteiger partial charge in [0.15, 0.2) is 5.11 Å². The van der Waals surface area contributed by atoms with Crippen LogP contribution in [-0.4, -0.2) is 20.8 Å². The first-order chi connectivity index (χ1) is 12.5. The number of nitrogens with one attached hydrogen (secondary N) is 3. The van der Waals surface area contributed by atoms with Crippen molar-refractivity contribution in [2.75, 3.05) is 5.32 Å². The monoisotopic (exact) mass is 369 g/mol. The molecule has 3 aromatic rings. The minimum Gasteiger partial charge on any atom is -0.331 e. The van der Waals surface area contributed by atoms with E-state index in [4.69, 9.17) is 12.2 Å². The summed E-state index contributed by atoms with van der Waals surface area (Å²) in [6, 6.07) is 14.6. The second-order valence-corrected chi connectivity index (χ2v) is 5.88. The van der Waals surface area contributed by atoms with Crippen LogP contribution in [0.15, 0.2) is 60.8 Å². The molecule has 26 heavy (non-hydrogen) atoms. The molecule has 0 spiro atoms. The lowest BCUT2D eigenvalue weighted by Gasteiger charge is -2.12. The maximum absolute atomic E-state index is 12.9. The number of benzene rings is 2. The molecule has 0 bridgehead atoms. The van der Waals surface area contributed by atoms with E-state index in [-0.39, 0.29) is 16.8 Å². The summed E-state index contributed by atoms with van der Waals surface area (Å²) in [6.07, 6.45) is 1.72. The number of carbonyl (C=O) groups is 1. The third kappa shape index (κ3) is 4.22. The van der Waals surface area contributed by atoms with Crippen LogP contribution >= 0.6 is 12.2 Å². The van der Waals surface area contributed by atoms with Crippen molar-refractivity contribution in [2.24, 2.45) is 0 Å². The minimum atomic E-state index is -0.337. The van der Waals surface area contributed by atoms with Gasteiger partial charge in [0.05, 0.1) is 5.69 Å². The highest BCUT2D eigenvalue weighted by atomic mass is 32.1. The number of thiocarbonyl (C=S) groups is 1. The van der Waals surface area contributed by atoms with Crippen LogP contribution in [0.25, 0.3) is 5.69 Å². The lowest BCUT2D eigenvalue weighted by Crippen LogP contribution is -2.43. The van der Waals surface area contributed by atoms with Gasteiger partial charge in [0.2, 0.25) is 0 Å². The topological polar surface area (TPSA) is 71.0 Å². The molecule has 3 N–H and O–H groups in total. The van der Waals surface area contributed by atoms with Gasteiger partial charge in [-0.3, -0.25) is 15.6 Å². The number of amides is 1. The number of rotatable bonds is 3. The van der Waals surface area contributed by atoms with Crippen molar-refractivity contribution in [3.63, 3.8) is 0 Å². The Labute approximate surface area is 155 Å². The van der Waals surface area contributed by atoms with Crippen LogP contribution in [0.1, 0.15) is 16.1 Å². The van der Waals surface area contributed by atoms with E-state index in [1.807, 2.05) is 25.1 Å². The Bertz CT molecular complexity index is 922. The Kier molecular flexibility index (Phi) is 5.23. The number of hydrogen-bond donors (Lipinski definition) is 3. The molecule has 8 heteroatoms. The second-order valence-electron chi connectivity index (χ2n) is 5.47. The zero-order valence-electron chi connectivity index (χ0n) is 13.9. The summed E-state index contributed by atoms with van der Waals surface area (Å²) in [4.78, 5) is 12.2. The maximum Gasteiger partial charge on any atom is 0.269 e. The maximum atomic E-state index is 12.9. The molecule has 1 amide bonds. The Hall–Kier alpha value is -3.26. The third-order valence-electron chi connectivity index (χ3n) is 3.60. The zero-order chi connectivity index (χ0) is 18.5. The lowest BCUT2D eigenvalue weighted by atomic mass is 10.2. The molecule has 2 aromatic carbocycles. The molecule has 1 heterocycles. The Balaban J connectivity index is 1.55. The highest BCUT2D eigenvalue weighted by Gasteiger charge is 2.07. The van der Waals surface area contributed by atoms with Crippen molar-refractivity contribution in [3.8, 4) is 5.69 Å². The van der Waals surface area contributed by atoms with Gasteiger partial charge < -0.3 is 5.32 Å². The lowest BCUT2D eigenvalue weighted by molar-refractivity contribution is 0.0944. The van der Waals surface area contributed by atoms with Gasteiger partial charge in [-0.25, -0.2) is 9.07 Å². The SMILES string of the molecule is Cc1ccnn1-c1ccc(C(=O)NNC(=S)Nc2ccc(F)cc2)cc1. The van der Waals surface area contributed by atoms with Gasteiger partial charge in [0.25, 0.3) is 5.91 Å². The largest absolute Gasteiger partial charge is 0.331 e. The molecule has 0 radical (unpaired) electrons. The summed E-state index contributed by atoms with van der Waals surface area (Å²) in [5.74, 6) is -0.673. The van der Waals surface area contributed by atoms with Gasteiger partial charge in [0.1, 0.15) is 5.82 Å². The molecule has 1 aromatic heterocycles. The van der Waals surface area contributed by atoms with Crippen LogP contribution in [0.4, 0.5) is 10.1 Å². The number of anilines is 1. The molecule has 0 saturated carbocycles. The average molecular weight is 369 g/mol. The highest BCUT2D eigenvalue weighted by molar-refractivity contribution is 7.80. The van der Waals surface area contributed by atoms with Crippen LogP contribution in [0.5, 0.6) is 0 Å². The van der Waals surface area contributed by atoms with E-state index in [9.17, 15) is 9.18 Å². The second kappa shape index (κ2) is 7.75. The third-order valence-corrected chi connectivity index (χ3v) is 3.80. The van der Waals surface area contributed by atoms with E-state index < -0.39 is 0 Å². The summed E-state index contributed by atoms with van der Waals surface area (Å²) < 4.78 is 14.6. The first kappa shape index (κ1) is 17.6. The van der Waals surface area contributed by atoms with E-state index in [2.05, 4.69) is 21.3 Å². The van der Waals surface area contributed by atoms with Crippen molar-refractivity contribution in [3.05, 3.63) is 77.9 Å². The quantitative estimate of drug-likeness (QED) is 0.489.